The maximum absolute atomic E-state index is 12.7. The Kier molecular flexibility index (Phi) is 4.16. The van der Waals surface area contributed by atoms with Crippen LogP contribution < -0.4 is 16.4 Å². The molecule has 5 nitrogen and oxygen atoms in total. The van der Waals surface area contributed by atoms with Gasteiger partial charge in [-0.05, 0) is 43.0 Å². The van der Waals surface area contributed by atoms with Gasteiger partial charge in [-0.3, -0.25) is 9.59 Å². The number of carbonyl (C=O) groups excluding carboxylic acids is 2. The first-order valence-electron chi connectivity index (χ1n) is 7.99. The number of benzene rings is 1. The highest BCUT2D eigenvalue weighted by molar-refractivity contribution is 5.92. The van der Waals surface area contributed by atoms with Crippen LogP contribution in [0.4, 0.5) is 0 Å². The molecule has 4 N–H and O–H groups in total. The molecule has 22 heavy (non-hydrogen) atoms. The fraction of sp³-hybridized carbons (Fsp3) is 0.529. The van der Waals surface area contributed by atoms with Crippen LogP contribution in [0.3, 0.4) is 0 Å². The molecule has 1 saturated heterocycles. The van der Waals surface area contributed by atoms with Crippen LogP contribution in [0.25, 0.3) is 0 Å². The summed E-state index contributed by atoms with van der Waals surface area (Å²) in [5.74, 6) is 0.205. The van der Waals surface area contributed by atoms with E-state index in [1.165, 1.54) is 6.42 Å². The number of nitrogens with two attached hydrogens (primary N) is 1. The lowest BCUT2D eigenvalue weighted by Crippen LogP contribution is -2.47. The summed E-state index contributed by atoms with van der Waals surface area (Å²) in [7, 11) is 0. The standard InChI is InChI=1S/C17H23N3O2/c18-15(21)13-6-4-12(5-7-13)9-20-16(22)17-8-2-1-3-14(17)10-19-11-17/h4-7,14,19H,1-3,8-11H2,(H2,18,21)(H,20,22)/t14-,17+/m0/s1. The number of primary amides is 1. The summed E-state index contributed by atoms with van der Waals surface area (Å²) >= 11 is 0. The van der Waals surface area contributed by atoms with Gasteiger partial charge < -0.3 is 16.4 Å². The van der Waals surface area contributed by atoms with E-state index >= 15 is 0 Å². The summed E-state index contributed by atoms with van der Waals surface area (Å²) in [5.41, 5.74) is 6.48. The molecule has 0 unspecified atom stereocenters. The highest BCUT2D eigenvalue weighted by atomic mass is 16.2. The van der Waals surface area contributed by atoms with Gasteiger partial charge in [-0.25, -0.2) is 0 Å². The topological polar surface area (TPSA) is 84.2 Å². The fourth-order valence-electron chi connectivity index (χ4n) is 3.84. The van der Waals surface area contributed by atoms with Crippen LogP contribution in [0, 0.1) is 11.3 Å². The Morgan fingerprint density at radius 2 is 2.05 bits per heavy atom. The number of hydrogen-bond donors (Lipinski definition) is 3. The summed E-state index contributed by atoms with van der Waals surface area (Å²) in [6, 6.07) is 7.07. The summed E-state index contributed by atoms with van der Waals surface area (Å²) in [6.45, 7) is 2.25. The van der Waals surface area contributed by atoms with Crippen LogP contribution in [-0.4, -0.2) is 24.9 Å². The largest absolute Gasteiger partial charge is 0.366 e. The van der Waals surface area contributed by atoms with Gasteiger partial charge in [0.1, 0.15) is 0 Å². The first kappa shape index (κ1) is 15.0. The summed E-state index contributed by atoms with van der Waals surface area (Å²) in [6.07, 6.45) is 4.50. The third-order valence-electron chi connectivity index (χ3n) is 5.18. The molecule has 2 aliphatic rings. The Balaban J connectivity index is 1.63. The summed E-state index contributed by atoms with van der Waals surface area (Å²) in [4.78, 5) is 23.8. The molecule has 2 fully saturated rings. The third kappa shape index (κ3) is 2.73. The normalized spacial score (nSPS) is 27.2. The van der Waals surface area contributed by atoms with Gasteiger partial charge in [-0.15, -0.1) is 0 Å². The monoisotopic (exact) mass is 301 g/mol. The maximum atomic E-state index is 12.7. The van der Waals surface area contributed by atoms with Crippen LogP contribution in [0.2, 0.25) is 0 Å². The number of rotatable bonds is 4. The van der Waals surface area contributed by atoms with Gasteiger partial charge in [0.05, 0.1) is 5.41 Å². The van der Waals surface area contributed by atoms with Gasteiger partial charge >= 0.3 is 0 Å². The van der Waals surface area contributed by atoms with Crippen molar-refractivity contribution in [3.63, 3.8) is 0 Å². The second-order valence-electron chi connectivity index (χ2n) is 6.47. The lowest BCUT2D eigenvalue weighted by Gasteiger charge is -2.37. The average molecular weight is 301 g/mol. The van der Waals surface area contributed by atoms with Crippen molar-refractivity contribution in [2.45, 2.75) is 32.2 Å². The second kappa shape index (κ2) is 6.08. The van der Waals surface area contributed by atoms with Crippen molar-refractivity contribution in [1.29, 1.82) is 0 Å². The minimum absolute atomic E-state index is 0.168. The predicted molar refractivity (Wildman–Crippen MR) is 84.1 cm³/mol. The number of fused-ring (bicyclic) bond motifs is 1. The highest BCUT2D eigenvalue weighted by Crippen LogP contribution is 2.43. The first-order valence-corrected chi connectivity index (χ1v) is 7.99. The van der Waals surface area contributed by atoms with Crippen LogP contribution in [0.5, 0.6) is 0 Å². The van der Waals surface area contributed by atoms with Crippen molar-refractivity contribution in [3.05, 3.63) is 35.4 Å². The number of hydrogen-bond acceptors (Lipinski definition) is 3. The highest BCUT2D eigenvalue weighted by Gasteiger charge is 2.49. The average Bonchev–Trinajstić information content (AvgIpc) is 2.98. The van der Waals surface area contributed by atoms with Crippen LogP contribution in [-0.2, 0) is 11.3 Å². The van der Waals surface area contributed by atoms with E-state index in [0.717, 1.165) is 37.9 Å². The molecule has 3 rings (SSSR count). The van der Waals surface area contributed by atoms with E-state index in [1.807, 2.05) is 12.1 Å². The maximum Gasteiger partial charge on any atom is 0.248 e. The molecule has 2 atom stereocenters. The lowest BCUT2D eigenvalue weighted by atomic mass is 9.67. The number of amides is 2. The van der Waals surface area contributed by atoms with Gasteiger partial charge in [0.2, 0.25) is 11.8 Å². The molecule has 118 valence electrons. The molecule has 5 heteroatoms. The van der Waals surface area contributed by atoms with Crippen LogP contribution in [0.1, 0.15) is 41.6 Å². The molecule has 1 aliphatic heterocycles. The zero-order valence-corrected chi connectivity index (χ0v) is 12.7. The SMILES string of the molecule is NC(=O)c1ccc(CNC(=O)[C@@]23CCCC[C@H]2CNC3)cc1. The third-order valence-corrected chi connectivity index (χ3v) is 5.18. The van der Waals surface area contributed by atoms with Crippen molar-refractivity contribution >= 4 is 11.8 Å². The van der Waals surface area contributed by atoms with E-state index in [4.69, 9.17) is 5.73 Å². The van der Waals surface area contributed by atoms with E-state index in [9.17, 15) is 9.59 Å². The zero-order valence-electron chi connectivity index (χ0n) is 12.7. The quantitative estimate of drug-likeness (QED) is 0.781. The minimum Gasteiger partial charge on any atom is -0.366 e. The molecule has 1 saturated carbocycles. The van der Waals surface area contributed by atoms with Crippen molar-refractivity contribution in [3.8, 4) is 0 Å². The van der Waals surface area contributed by atoms with Gasteiger partial charge in [0, 0.05) is 18.7 Å². The fourth-order valence-corrected chi connectivity index (χ4v) is 3.84. The minimum atomic E-state index is -0.434. The van der Waals surface area contributed by atoms with E-state index in [1.54, 1.807) is 12.1 Å². The molecule has 1 aromatic carbocycles. The van der Waals surface area contributed by atoms with Crippen molar-refractivity contribution in [2.24, 2.45) is 17.1 Å². The molecule has 2 amide bonds. The van der Waals surface area contributed by atoms with E-state index < -0.39 is 5.91 Å². The number of carbonyl (C=O) groups is 2. The summed E-state index contributed by atoms with van der Waals surface area (Å²) in [5, 5.41) is 6.48. The van der Waals surface area contributed by atoms with E-state index in [2.05, 4.69) is 10.6 Å². The molecular weight excluding hydrogens is 278 g/mol. The van der Waals surface area contributed by atoms with E-state index in [-0.39, 0.29) is 11.3 Å². The Morgan fingerprint density at radius 3 is 2.77 bits per heavy atom. The first-order chi connectivity index (χ1) is 10.6. The molecule has 1 heterocycles. The molecule has 1 aliphatic carbocycles. The smallest absolute Gasteiger partial charge is 0.248 e. The van der Waals surface area contributed by atoms with Gasteiger partial charge in [0.15, 0.2) is 0 Å². The Morgan fingerprint density at radius 1 is 1.27 bits per heavy atom. The second-order valence-corrected chi connectivity index (χ2v) is 6.47. The van der Waals surface area contributed by atoms with Gasteiger partial charge in [0.25, 0.3) is 0 Å². The molecule has 0 spiro atoms. The lowest BCUT2D eigenvalue weighted by molar-refractivity contribution is -0.134. The van der Waals surface area contributed by atoms with Crippen LogP contribution in [0.15, 0.2) is 24.3 Å². The van der Waals surface area contributed by atoms with Gasteiger partial charge in [-0.1, -0.05) is 25.0 Å². The van der Waals surface area contributed by atoms with Gasteiger partial charge in [-0.2, -0.15) is 0 Å². The molecule has 1 aromatic rings. The Bertz CT molecular complexity index is 570. The van der Waals surface area contributed by atoms with E-state index in [0.29, 0.717) is 18.0 Å². The Labute approximate surface area is 130 Å². The molecule has 0 radical (unpaired) electrons. The molecule has 0 aromatic heterocycles. The molecular formula is C17H23N3O2. The van der Waals surface area contributed by atoms with Crippen LogP contribution >= 0.6 is 0 Å². The van der Waals surface area contributed by atoms with Crippen molar-refractivity contribution < 1.29 is 9.59 Å². The predicted octanol–water partition coefficient (Wildman–Crippen LogP) is 1.18. The molecule has 0 bridgehead atoms. The zero-order chi connectivity index (χ0) is 15.6. The Hall–Kier alpha value is -1.88. The van der Waals surface area contributed by atoms with Crippen molar-refractivity contribution in [1.82, 2.24) is 10.6 Å². The number of nitrogens with one attached hydrogen (secondary N) is 2. The van der Waals surface area contributed by atoms with Crippen molar-refractivity contribution in [2.75, 3.05) is 13.1 Å². The summed E-state index contributed by atoms with van der Waals surface area (Å²) < 4.78 is 0.